The molecule has 0 aromatic heterocycles. The number of ether oxygens (including phenoxy) is 1. The average Bonchev–Trinajstić information content (AvgIpc) is 2.75. The van der Waals surface area contributed by atoms with Crippen LogP contribution in [0.4, 0.5) is 0 Å². The Morgan fingerprint density at radius 1 is 1.29 bits per heavy atom. The lowest BCUT2D eigenvalue weighted by Gasteiger charge is -2.11. The minimum absolute atomic E-state index is 0.0890. The molecule has 1 saturated heterocycles. The number of hydrogen-bond acceptors (Lipinski definition) is 3. The fourth-order valence-electron chi connectivity index (χ4n) is 1.95. The second-order valence-electron chi connectivity index (χ2n) is 4.18. The van der Waals surface area contributed by atoms with E-state index in [0.717, 1.165) is 18.6 Å². The highest BCUT2D eigenvalue weighted by atomic mass is 32.2. The minimum atomic E-state index is -0.772. The number of rotatable bonds is 5. The summed E-state index contributed by atoms with van der Waals surface area (Å²) in [7, 11) is 0. The van der Waals surface area contributed by atoms with Gasteiger partial charge in [0.25, 0.3) is 0 Å². The number of carbonyl (C=O) groups is 1. The molecule has 1 heterocycles. The number of hydrogen-bond donors (Lipinski definition) is 1. The van der Waals surface area contributed by atoms with Crippen LogP contribution in [0.3, 0.4) is 0 Å². The molecule has 0 bridgehead atoms. The molecule has 0 spiro atoms. The summed E-state index contributed by atoms with van der Waals surface area (Å²) in [5.41, 5.74) is 0. The van der Waals surface area contributed by atoms with Gasteiger partial charge in [-0.3, -0.25) is 4.79 Å². The fraction of sp³-hybridized carbons (Fsp3) is 0.462. The topological polar surface area (TPSA) is 46.5 Å². The molecule has 0 aliphatic carbocycles. The molecule has 1 N–H and O–H groups in total. The molecule has 2 rings (SSSR count). The predicted molar refractivity (Wildman–Crippen MR) is 67.3 cm³/mol. The Hall–Kier alpha value is -1.00. The van der Waals surface area contributed by atoms with E-state index in [1.54, 1.807) is 11.8 Å². The van der Waals surface area contributed by atoms with Gasteiger partial charge < -0.3 is 9.84 Å². The zero-order chi connectivity index (χ0) is 12.1. The molecule has 1 fully saturated rings. The van der Waals surface area contributed by atoms with E-state index in [1.165, 1.54) is 4.90 Å². The highest BCUT2D eigenvalue weighted by Crippen LogP contribution is 2.27. The Morgan fingerprint density at radius 2 is 2.00 bits per heavy atom. The highest BCUT2D eigenvalue weighted by molar-refractivity contribution is 7.99. The second-order valence-corrected chi connectivity index (χ2v) is 5.27. The molecule has 17 heavy (non-hydrogen) atoms. The van der Waals surface area contributed by atoms with Crippen molar-refractivity contribution in [3.63, 3.8) is 0 Å². The number of aliphatic carboxylic acids is 1. The fourth-order valence-corrected chi connectivity index (χ4v) is 2.93. The van der Waals surface area contributed by atoms with Crippen LogP contribution in [0.25, 0.3) is 0 Å². The summed E-state index contributed by atoms with van der Waals surface area (Å²) < 4.78 is 5.69. The van der Waals surface area contributed by atoms with Gasteiger partial charge in [0, 0.05) is 10.6 Å². The van der Waals surface area contributed by atoms with Crippen molar-refractivity contribution < 1.29 is 14.6 Å². The van der Waals surface area contributed by atoms with Crippen LogP contribution >= 0.6 is 11.8 Å². The van der Waals surface area contributed by atoms with E-state index < -0.39 is 5.97 Å². The normalized spacial score (nSPS) is 23.8. The quantitative estimate of drug-likeness (QED) is 0.819. The Morgan fingerprint density at radius 3 is 2.71 bits per heavy atom. The first-order valence-corrected chi connectivity index (χ1v) is 6.77. The molecule has 3 nitrogen and oxygen atoms in total. The average molecular weight is 252 g/mol. The molecule has 0 radical (unpaired) electrons. The molecule has 1 aromatic carbocycles. The van der Waals surface area contributed by atoms with Crippen molar-refractivity contribution in [1.82, 2.24) is 0 Å². The summed E-state index contributed by atoms with van der Waals surface area (Å²) in [5.74, 6) is 0.131. The molecule has 0 saturated carbocycles. The van der Waals surface area contributed by atoms with E-state index in [0.29, 0.717) is 0 Å². The Bertz CT molecular complexity index is 366. The SMILES string of the molecule is O=C(O)C[C@H]1CC[C@@H](CSc2ccccc2)O1. The van der Waals surface area contributed by atoms with Gasteiger partial charge in [-0.25, -0.2) is 0 Å². The van der Waals surface area contributed by atoms with Crippen molar-refractivity contribution in [1.29, 1.82) is 0 Å². The zero-order valence-electron chi connectivity index (χ0n) is 9.54. The first-order valence-electron chi connectivity index (χ1n) is 5.79. The van der Waals surface area contributed by atoms with Crippen LogP contribution in [-0.4, -0.2) is 29.0 Å². The second kappa shape index (κ2) is 6.07. The summed E-state index contributed by atoms with van der Waals surface area (Å²) in [4.78, 5) is 11.8. The lowest BCUT2D eigenvalue weighted by atomic mass is 10.1. The first kappa shape index (κ1) is 12.5. The van der Waals surface area contributed by atoms with E-state index >= 15 is 0 Å². The van der Waals surface area contributed by atoms with Gasteiger partial charge >= 0.3 is 5.97 Å². The Labute approximate surface area is 105 Å². The van der Waals surface area contributed by atoms with Gasteiger partial charge in [-0.15, -0.1) is 11.8 Å². The smallest absolute Gasteiger partial charge is 0.305 e. The highest BCUT2D eigenvalue weighted by Gasteiger charge is 2.26. The van der Waals surface area contributed by atoms with E-state index in [-0.39, 0.29) is 18.6 Å². The van der Waals surface area contributed by atoms with Crippen LogP contribution in [0.1, 0.15) is 19.3 Å². The number of carboxylic acid groups (broad SMARTS) is 1. The molecule has 0 amide bonds. The van der Waals surface area contributed by atoms with Crippen molar-refractivity contribution in [3.8, 4) is 0 Å². The van der Waals surface area contributed by atoms with Gasteiger partial charge in [-0.2, -0.15) is 0 Å². The Kier molecular flexibility index (Phi) is 4.45. The third-order valence-electron chi connectivity index (χ3n) is 2.78. The molecule has 1 aliphatic heterocycles. The van der Waals surface area contributed by atoms with Crippen molar-refractivity contribution in [2.45, 2.75) is 36.4 Å². The van der Waals surface area contributed by atoms with Crippen LogP contribution in [0.5, 0.6) is 0 Å². The number of thioether (sulfide) groups is 1. The summed E-state index contributed by atoms with van der Waals surface area (Å²) in [6, 6.07) is 10.2. The molecule has 92 valence electrons. The first-order chi connectivity index (χ1) is 8.24. The maximum absolute atomic E-state index is 10.6. The van der Waals surface area contributed by atoms with Crippen LogP contribution in [-0.2, 0) is 9.53 Å². The van der Waals surface area contributed by atoms with E-state index in [2.05, 4.69) is 12.1 Å². The molecule has 4 heteroatoms. The number of benzene rings is 1. The van der Waals surface area contributed by atoms with Crippen molar-refractivity contribution in [2.24, 2.45) is 0 Å². The van der Waals surface area contributed by atoms with Crippen LogP contribution < -0.4 is 0 Å². The standard InChI is InChI=1S/C13H16O3S/c14-13(15)8-10-6-7-11(16-10)9-17-12-4-2-1-3-5-12/h1-5,10-11H,6-9H2,(H,14,15)/t10-,11+/m1/s1. The van der Waals surface area contributed by atoms with E-state index in [4.69, 9.17) is 9.84 Å². The van der Waals surface area contributed by atoms with Gasteiger partial charge in [0.2, 0.25) is 0 Å². The Balaban J connectivity index is 1.73. The summed E-state index contributed by atoms with van der Waals surface area (Å²) in [6.45, 7) is 0. The van der Waals surface area contributed by atoms with Crippen LogP contribution in [0, 0.1) is 0 Å². The molecular formula is C13H16O3S. The zero-order valence-corrected chi connectivity index (χ0v) is 10.4. The minimum Gasteiger partial charge on any atom is -0.481 e. The molecule has 1 aromatic rings. The lowest BCUT2D eigenvalue weighted by molar-refractivity contribution is -0.139. The van der Waals surface area contributed by atoms with Gasteiger partial charge in [-0.1, -0.05) is 18.2 Å². The van der Waals surface area contributed by atoms with Crippen molar-refractivity contribution >= 4 is 17.7 Å². The maximum Gasteiger partial charge on any atom is 0.305 e. The largest absolute Gasteiger partial charge is 0.481 e. The van der Waals surface area contributed by atoms with Gasteiger partial charge in [0.15, 0.2) is 0 Å². The van der Waals surface area contributed by atoms with Crippen molar-refractivity contribution in [2.75, 3.05) is 5.75 Å². The molecular weight excluding hydrogens is 236 g/mol. The molecule has 1 aliphatic rings. The van der Waals surface area contributed by atoms with Gasteiger partial charge in [-0.05, 0) is 25.0 Å². The maximum atomic E-state index is 10.6. The summed E-state index contributed by atoms with van der Waals surface area (Å²) >= 11 is 1.77. The van der Waals surface area contributed by atoms with Crippen LogP contribution in [0.2, 0.25) is 0 Å². The third-order valence-corrected chi connectivity index (χ3v) is 3.92. The lowest BCUT2D eigenvalue weighted by Crippen LogP contribution is -2.16. The summed E-state index contributed by atoms with van der Waals surface area (Å²) in [5, 5.41) is 8.68. The molecule has 0 unspecified atom stereocenters. The summed E-state index contributed by atoms with van der Waals surface area (Å²) in [6.07, 6.45) is 2.08. The monoisotopic (exact) mass is 252 g/mol. The van der Waals surface area contributed by atoms with Crippen molar-refractivity contribution in [3.05, 3.63) is 30.3 Å². The third kappa shape index (κ3) is 4.06. The van der Waals surface area contributed by atoms with Gasteiger partial charge in [0.05, 0.1) is 18.6 Å². The van der Waals surface area contributed by atoms with Crippen LogP contribution in [0.15, 0.2) is 35.2 Å². The van der Waals surface area contributed by atoms with E-state index in [1.807, 2.05) is 18.2 Å². The predicted octanol–water partition coefficient (Wildman–Crippen LogP) is 2.80. The molecule has 2 atom stereocenters. The van der Waals surface area contributed by atoms with E-state index in [9.17, 15) is 4.79 Å². The van der Waals surface area contributed by atoms with Gasteiger partial charge in [0.1, 0.15) is 0 Å². The number of carboxylic acids is 1.